The minimum absolute atomic E-state index is 0.174. The van der Waals surface area contributed by atoms with Gasteiger partial charge in [-0.25, -0.2) is 0 Å². The molecule has 2 unspecified atom stereocenters. The monoisotopic (exact) mass is 260 g/mol. The van der Waals surface area contributed by atoms with Crippen molar-refractivity contribution in [2.45, 2.75) is 58.0 Å². The molecule has 106 valence electrons. The molecule has 2 rings (SSSR count). The molecule has 3 atom stereocenters. The molecule has 0 spiro atoms. The van der Waals surface area contributed by atoms with Gasteiger partial charge in [-0.3, -0.25) is 0 Å². The van der Waals surface area contributed by atoms with Gasteiger partial charge in [-0.1, -0.05) is 38.8 Å². The molecule has 1 saturated carbocycles. The van der Waals surface area contributed by atoms with Crippen molar-refractivity contribution in [2.24, 2.45) is 11.7 Å². The van der Waals surface area contributed by atoms with Gasteiger partial charge in [-0.05, 0) is 42.9 Å². The maximum absolute atomic E-state index is 6.07. The third kappa shape index (κ3) is 3.30. The van der Waals surface area contributed by atoms with Gasteiger partial charge >= 0.3 is 0 Å². The fourth-order valence-corrected chi connectivity index (χ4v) is 3.26. The highest BCUT2D eigenvalue weighted by atomic mass is 15.1. The molecule has 2 nitrogen and oxygen atoms in total. The summed E-state index contributed by atoms with van der Waals surface area (Å²) in [5, 5.41) is 0. The third-order valence-corrected chi connectivity index (χ3v) is 4.73. The van der Waals surface area contributed by atoms with Gasteiger partial charge in [0.2, 0.25) is 0 Å². The van der Waals surface area contributed by atoms with E-state index in [0.717, 1.165) is 12.3 Å². The zero-order chi connectivity index (χ0) is 13.8. The van der Waals surface area contributed by atoms with Crippen molar-refractivity contribution >= 4 is 5.69 Å². The summed E-state index contributed by atoms with van der Waals surface area (Å²) in [6.45, 7) is 4.52. The molecule has 1 aromatic carbocycles. The van der Waals surface area contributed by atoms with E-state index in [0.29, 0.717) is 6.04 Å². The Kier molecular flexibility index (Phi) is 4.87. The lowest BCUT2D eigenvalue weighted by atomic mass is 9.85. The summed E-state index contributed by atoms with van der Waals surface area (Å²) < 4.78 is 0. The van der Waals surface area contributed by atoms with Crippen molar-refractivity contribution in [3.05, 3.63) is 29.8 Å². The predicted molar refractivity (Wildman–Crippen MR) is 83.5 cm³/mol. The Hall–Kier alpha value is -1.02. The molecule has 0 radical (unpaired) electrons. The average Bonchev–Trinajstić information content (AvgIpc) is 2.46. The molecule has 1 aliphatic carbocycles. The van der Waals surface area contributed by atoms with Crippen molar-refractivity contribution in [3.8, 4) is 0 Å². The fourth-order valence-electron chi connectivity index (χ4n) is 3.26. The molecule has 19 heavy (non-hydrogen) atoms. The Morgan fingerprint density at radius 2 is 1.84 bits per heavy atom. The lowest BCUT2D eigenvalue weighted by molar-refractivity contribution is 0.321. The topological polar surface area (TPSA) is 29.3 Å². The van der Waals surface area contributed by atoms with Gasteiger partial charge in [-0.15, -0.1) is 0 Å². The summed E-state index contributed by atoms with van der Waals surface area (Å²) in [6, 6.07) is 9.70. The number of anilines is 1. The van der Waals surface area contributed by atoms with Crippen LogP contribution in [0, 0.1) is 5.92 Å². The van der Waals surface area contributed by atoms with Gasteiger partial charge in [0, 0.05) is 24.8 Å². The van der Waals surface area contributed by atoms with Crippen LogP contribution in [0.3, 0.4) is 0 Å². The Bertz CT molecular complexity index is 385. The summed E-state index contributed by atoms with van der Waals surface area (Å²) in [6.07, 6.45) is 6.46. The van der Waals surface area contributed by atoms with Gasteiger partial charge in [0.1, 0.15) is 0 Å². The van der Waals surface area contributed by atoms with Crippen LogP contribution in [0.25, 0.3) is 0 Å². The number of nitrogens with two attached hydrogens (primary N) is 1. The zero-order valence-electron chi connectivity index (χ0n) is 12.6. The summed E-state index contributed by atoms with van der Waals surface area (Å²) in [7, 11) is 2.24. The number of nitrogens with zero attached hydrogens (tertiary/aromatic N) is 1. The molecule has 0 aliphatic heterocycles. The quantitative estimate of drug-likeness (QED) is 0.882. The van der Waals surface area contributed by atoms with E-state index in [1.165, 1.54) is 36.9 Å². The molecule has 0 amide bonds. The lowest BCUT2D eigenvalue weighted by Gasteiger charge is -2.37. The van der Waals surface area contributed by atoms with E-state index >= 15 is 0 Å². The van der Waals surface area contributed by atoms with Crippen molar-refractivity contribution in [1.82, 2.24) is 0 Å². The van der Waals surface area contributed by atoms with Crippen LogP contribution >= 0.6 is 0 Å². The smallest absolute Gasteiger partial charge is 0.0366 e. The van der Waals surface area contributed by atoms with Gasteiger partial charge in [-0.2, -0.15) is 0 Å². The second-order valence-electron chi connectivity index (χ2n) is 6.05. The van der Waals surface area contributed by atoms with Gasteiger partial charge in [0.25, 0.3) is 0 Å². The molecule has 1 aromatic rings. The second kappa shape index (κ2) is 6.42. The molecule has 0 bridgehead atoms. The standard InChI is InChI=1S/C17H28N2/c1-4-16(18)14-9-11-15(12-10-14)19(3)17-8-6-5-7-13(17)2/h9-13,16-17H,4-8,18H2,1-3H3/t13?,16-,17?/m1/s1. The summed E-state index contributed by atoms with van der Waals surface area (Å²) in [4.78, 5) is 2.46. The number of hydrogen-bond acceptors (Lipinski definition) is 2. The van der Waals surface area contributed by atoms with Crippen LogP contribution in [0.1, 0.15) is 57.6 Å². The number of rotatable bonds is 4. The third-order valence-electron chi connectivity index (χ3n) is 4.73. The highest BCUT2D eigenvalue weighted by Gasteiger charge is 2.25. The molecule has 0 aromatic heterocycles. The van der Waals surface area contributed by atoms with E-state index in [1.807, 2.05) is 0 Å². The second-order valence-corrected chi connectivity index (χ2v) is 6.05. The summed E-state index contributed by atoms with van der Waals surface area (Å²) >= 11 is 0. The molecular formula is C17H28N2. The van der Waals surface area contributed by atoms with Crippen molar-refractivity contribution in [1.29, 1.82) is 0 Å². The van der Waals surface area contributed by atoms with E-state index < -0.39 is 0 Å². The van der Waals surface area contributed by atoms with Crippen LogP contribution in [-0.2, 0) is 0 Å². The van der Waals surface area contributed by atoms with Crippen LogP contribution in [0.5, 0.6) is 0 Å². The number of benzene rings is 1. The zero-order valence-corrected chi connectivity index (χ0v) is 12.6. The molecular weight excluding hydrogens is 232 g/mol. The molecule has 0 saturated heterocycles. The highest BCUT2D eigenvalue weighted by molar-refractivity contribution is 5.48. The summed E-state index contributed by atoms with van der Waals surface area (Å²) in [5.41, 5.74) is 8.64. The Balaban J connectivity index is 2.08. The van der Waals surface area contributed by atoms with Gasteiger partial charge in [0.15, 0.2) is 0 Å². The van der Waals surface area contributed by atoms with E-state index in [1.54, 1.807) is 0 Å². The highest BCUT2D eigenvalue weighted by Crippen LogP contribution is 2.30. The van der Waals surface area contributed by atoms with Crippen LogP contribution in [0.2, 0.25) is 0 Å². The average molecular weight is 260 g/mol. The molecule has 1 fully saturated rings. The van der Waals surface area contributed by atoms with E-state index in [-0.39, 0.29) is 6.04 Å². The van der Waals surface area contributed by atoms with Crippen LogP contribution in [0.4, 0.5) is 5.69 Å². The van der Waals surface area contributed by atoms with Crippen LogP contribution < -0.4 is 10.6 Å². The Morgan fingerprint density at radius 1 is 1.21 bits per heavy atom. The normalized spacial score (nSPS) is 25.1. The van der Waals surface area contributed by atoms with E-state index in [4.69, 9.17) is 5.73 Å². The predicted octanol–water partition coefficient (Wildman–Crippen LogP) is 4.11. The minimum Gasteiger partial charge on any atom is -0.371 e. The van der Waals surface area contributed by atoms with E-state index in [2.05, 4.69) is 50.1 Å². The van der Waals surface area contributed by atoms with Gasteiger partial charge in [0.05, 0.1) is 0 Å². The number of hydrogen-bond donors (Lipinski definition) is 1. The lowest BCUT2D eigenvalue weighted by Crippen LogP contribution is -2.38. The summed E-state index contributed by atoms with van der Waals surface area (Å²) in [5.74, 6) is 0.802. The largest absolute Gasteiger partial charge is 0.371 e. The first-order chi connectivity index (χ1) is 9.13. The SMILES string of the molecule is CC[C@@H](N)c1ccc(N(C)C2CCCCC2C)cc1. The van der Waals surface area contributed by atoms with Gasteiger partial charge < -0.3 is 10.6 Å². The fraction of sp³-hybridized carbons (Fsp3) is 0.647. The van der Waals surface area contributed by atoms with Crippen molar-refractivity contribution < 1.29 is 0 Å². The molecule has 0 heterocycles. The maximum Gasteiger partial charge on any atom is 0.0366 e. The minimum atomic E-state index is 0.174. The van der Waals surface area contributed by atoms with Crippen LogP contribution in [0.15, 0.2) is 24.3 Å². The van der Waals surface area contributed by atoms with Crippen molar-refractivity contribution in [3.63, 3.8) is 0 Å². The first-order valence-corrected chi connectivity index (χ1v) is 7.71. The molecule has 2 N–H and O–H groups in total. The van der Waals surface area contributed by atoms with Crippen molar-refractivity contribution in [2.75, 3.05) is 11.9 Å². The van der Waals surface area contributed by atoms with E-state index in [9.17, 15) is 0 Å². The molecule has 1 aliphatic rings. The first kappa shape index (κ1) is 14.4. The van der Waals surface area contributed by atoms with Crippen LogP contribution in [-0.4, -0.2) is 13.1 Å². The first-order valence-electron chi connectivity index (χ1n) is 7.71. The Labute approximate surface area is 118 Å². The molecule has 2 heteroatoms. The maximum atomic E-state index is 6.07. The Morgan fingerprint density at radius 3 is 2.42 bits per heavy atom.